The Balaban J connectivity index is 2.65. The lowest BCUT2D eigenvalue weighted by Gasteiger charge is -2.18. The molecule has 1 aromatic carbocycles. The lowest BCUT2D eigenvalue weighted by Crippen LogP contribution is -2.38. The van der Waals surface area contributed by atoms with Gasteiger partial charge in [0.25, 0.3) is 0 Å². The third kappa shape index (κ3) is 5.48. The molecule has 0 aromatic heterocycles. The minimum Gasteiger partial charge on any atom is -0.489 e. The van der Waals surface area contributed by atoms with Gasteiger partial charge in [0, 0.05) is 12.6 Å². The molecule has 3 N–H and O–H groups in total. The van der Waals surface area contributed by atoms with Crippen LogP contribution < -0.4 is 15.4 Å². The molecule has 0 fully saturated rings. The van der Waals surface area contributed by atoms with E-state index in [2.05, 4.69) is 10.6 Å². The first kappa shape index (κ1) is 16.3. The number of aliphatic hydroxyl groups is 1. The minimum atomic E-state index is -0.287. The molecular weight excluding hydrogens is 256 g/mol. The number of carbonyl (C=O) groups excluding carboxylic acids is 1. The molecule has 0 aliphatic carbocycles. The van der Waals surface area contributed by atoms with Gasteiger partial charge in [-0.1, -0.05) is 19.1 Å². The summed E-state index contributed by atoms with van der Waals surface area (Å²) in [4.78, 5) is 11.9. The molecule has 0 radical (unpaired) electrons. The molecular formula is C15H24N2O3. The third-order valence-corrected chi connectivity index (χ3v) is 2.80. The number of carbonyl (C=O) groups is 1. The van der Waals surface area contributed by atoms with Gasteiger partial charge in [-0.2, -0.15) is 0 Å². The van der Waals surface area contributed by atoms with Crippen LogP contribution in [-0.2, 0) is 0 Å². The van der Waals surface area contributed by atoms with E-state index in [9.17, 15) is 4.79 Å². The first-order chi connectivity index (χ1) is 9.56. The second kappa shape index (κ2) is 8.43. The normalized spacial score (nSPS) is 12.1. The highest BCUT2D eigenvalue weighted by atomic mass is 16.5. The van der Waals surface area contributed by atoms with Gasteiger partial charge in [-0.25, -0.2) is 4.79 Å². The Bertz CT molecular complexity index is 421. The van der Waals surface area contributed by atoms with Gasteiger partial charge in [-0.3, -0.25) is 0 Å². The molecule has 1 atom stereocenters. The van der Waals surface area contributed by atoms with Crippen LogP contribution in [0.1, 0.15) is 33.6 Å². The topological polar surface area (TPSA) is 70.6 Å². The Hall–Kier alpha value is -1.75. The van der Waals surface area contributed by atoms with Gasteiger partial charge in [0.05, 0.1) is 11.8 Å². The predicted molar refractivity (Wildman–Crippen MR) is 80.1 cm³/mol. The fraction of sp³-hybridized carbons (Fsp3) is 0.533. The maximum Gasteiger partial charge on any atom is 0.319 e. The number of hydrogen-bond acceptors (Lipinski definition) is 3. The number of rotatable bonds is 7. The predicted octanol–water partition coefficient (Wildman–Crippen LogP) is 2.76. The SMILES string of the molecule is CCC(CCO)NC(=O)Nc1ccccc1OC(C)C. The van der Waals surface area contributed by atoms with Crippen molar-refractivity contribution >= 4 is 11.7 Å². The number of benzene rings is 1. The molecule has 20 heavy (non-hydrogen) atoms. The van der Waals surface area contributed by atoms with Crippen LogP contribution in [0.4, 0.5) is 10.5 Å². The summed E-state index contributed by atoms with van der Waals surface area (Å²) in [5.41, 5.74) is 0.637. The van der Waals surface area contributed by atoms with E-state index < -0.39 is 0 Å². The molecule has 0 heterocycles. The van der Waals surface area contributed by atoms with Gasteiger partial charge in [0.2, 0.25) is 0 Å². The lowest BCUT2D eigenvalue weighted by molar-refractivity contribution is 0.235. The van der Waals surface area contributed by atoms with E-state index in [4.69, 9.17) is 9.84 Å². The Labute approximate surface area is 120 Å². The summed E-state index contributed by atoms with van der Waals surface area (Å²) in [7, 11) is 0. The minimum absolute atomic E-state index is 0.0295. The summed E-state index contributed by atoms with van der Waals surface area (Å²) in [6, 6.07) is 7.00. The second-order valence-electron chi connectivity index (χ2n) is 4.88. The van der Waals surface area contributed by atoms with Crippen molar-refractivity contribution < 1.29 is 14.6 Å². The molecule has 0 bridgehead atoms. The van der Waals surface area contributed by atoms with Crippen molar-refractivity contribution in [3.8, 4) is 5.75 Å². The Morgan fingerprint density at radius 2 is 2.05 bits per heavy atom. The number of urea groups is 1. The fourth-order valence-corrected chi connectivity index (χ4v) is 1.80. The number of anilines is 1. The van der Waals surface area contributed by atoms with Crippen LogP contribution in [0.15, 0.2) is 24.3 Å². The van der Waals surface area contributed by atoms with E-state index in [-0.39, 0.29) is 24.8 Å². The van der Waals surface area contributed by atoms with Crippen LogP contribution in [-0.4, -0.2) is 29.9 Å². The molecule has 0 aliphatic rings. The molecule has 0 saturated carbocycles. The van der Waals surface area contributed by atoms with Gasteiger partial charge in [-0.05, 0) is 38.8 Å². The Morgan fingerprint density at radius 1 is 1.35 bits per heavy atom. The summed E-state index contributed by atoms with van der Waals surface area (Å²) >= 11 is 0. The third-order valence-electron chi connectivity index (χ3n) is 2.80. The van der Waals surface area contributed by atoms with Crippen molar-refractivity contribution in [3.63, 3.8) is 0 Å². The van der Waals surface area contributed by atoms with Crippen LogP contribution in [0, 0.1) is 0 Å². The zero-order valence-corrected chi connectivity index (χ0v) is 12.3. The Kier molecular flexibility index (Phi) is 6.87. The first-order valence-corrected chi connectivity index (χ1v) is 7.00. The number of hydrogen-bond donors (Lipinski definition) is 3. The summed E-state index contributed by atoms with van der Waals surface area (Å²) in [6.45, 7) is 5.90. The van der Waals surface area contributed by atoms with E-state index in [0.29, 0.717) is 17.9 Å². The van der Waals surface area contributed by atoms with E-state index in [1.807, 2.05) is 39.0 Å². The van der Waals surface area contributed by atoms with Crippen molar-refractivity contribution in [2.75, 3.05) is 11.9 Å². The van der Waals surface area contributed by atoms with Crippen molar-refractivity contribution in [2.45, 2.75) is 45.8 Å². The number of aliphatic hydroxyl groups excluding tert-OH is 1. The van der Waals surface area contributed by atoms with Gasteiger partial charge >= 0.3 is 6.03 Å². The summed E-state index contributed by atoms with van der Waals surface area (Å²) in [5, 5.41) is 14.5. The summed E-state index contributed by atoms with van der Waals surface area (Å²) in [6.07, 6.45) is 1.37. The molecule has 0 saturated heterocycles. The fourth-order valence-electron chi connectivity index (χ4n) is 1.80. The highest BCUT2D eigenvalue weighted by Gasteiger charge is 2.12. The quantitative estimate of drug-likeness (QED) is 0.719. The maximum atomic E-state index is 11.9. The largest absolute Gasteiger partial charge is 0.489 e. The number of nitrogens with one attached hydrogen (secondary N) is 2. The molecule has 1 aromatic rings. The van der Waals surface area contributed by atoms with Crippen LogP contribution in [0.2, 0.25) is 0 Å². The van der Waals surface area contributed by atoms with Crippen molar-refractivity contribution in [3.05, 3.63) is 24.3 Å². The number of ether oxygens (including phenoxy) is 1. The molecule has 112 valence electrons. The monoisotopic (exact) mass is 280 g/mol. The van der Waals surface area contributed by atoms with E-state index >= 15 is 0 Å². The van der Waals surface area contributed by atoms with Gasteiger partial charge in [0.15, 0.2) is 0 Å². The first-order valence-electron chi connectivity index (χ1n) is 7.00. The highest BCUT2D eigenvalue weighted by Crippen LogP contribution is 2.24. The molecule has 1 unspecified atom stereocenters. The van der Waals surface area contributed by atoms with Crippen LogP contribution >= 0.6 is 0 Å². The summed E-state index contributed by atoms with van der Waals surface area (Å²) in [5.74, 6) is 0.646. The van der Waals surface area contributed by atoms with E-state index in [0.717, 1.165) is 6.42 Å². The van der Waals surface area contributed by atoms with Gasteiger partial charge < -0.3 is 20.5 Å². The molecule has 1 rings (SSSR count). The van der Waals surface area contributed by atoms with Crippen molar-refractivity contribution in [2.24, 2.45) is 0 Å². The summed E-state index contributed by atoms with van der Waals surface area (Å²) < 4.78 is 5.64. The van der Waals surface area contributed by atoms with Crippen LogP contribution in [0.3, 0.4) is 0 Å². The number of amides is 2. The molecule has 2 amide bonds. The average molecular weight is 280 g/mol. The van der Waals surface area contributed by atoms with Gasteiger partial charge in [-0.15, -0.1) is 0 Å². The highest BCUT2D eigenvalue weighted by molar-refractivity contribution is 5.91. The maximum absolute atomic E-state index is 11.9. The van der Waals surface area contributed by atoms with E-state index in [1.54, 1.807) is 6.07 Å². The zero-order chi connectivity index (χ0) is 15.0. The molecule has 0 aliphatic heterocycles. The second-order valence-corrected chi connectivity index (χ2v) is 4.88. The molecule has 5 heteroatoms. The number of para-hydroxylation sites is 2. The Morgan fingerprint density at radius 3 is 2.65 bits per heavy atom. The zero-order valence-electron chi connectivity index (χ0n) is 12.3. The van der Waals surface area contributed by atoms with Crippen molar-refractivity contribution in [1.29, 1.82) is 0 Å². The van der Waals surface area contributed by atoms with E-state index in [1.165, 1.54) is 0 Å². The smallest absolute Gasteiger partial charge is 0.319 e. The van der Waals surface area contributed by atoms with Crippen LogP contribution in [0.25, 0.3) is 0 Å². The van der Waals surface area contributed by atoms with Crippen molar-refractivity contribution in [1.82, 2.24) is 5.32 Å². The standard InChI is InChI=1S/C15H24N2O3/c1-4-12(9-10-18)16-15(19)17-13-7-5-6-8-14(13)20-11(2)3/h5-8,11-12,18H,4,9-10H2,1-3H3,(H2,16,17,19). The van der Waals surface area contributed by atoms with Crippen LogP contribution in [0.5, 0.6) is 5.75 Å². The van der Waals surface area contributed by atoms with Gasteiger partial charge in [0.1, 0.15) is 5.75 Å². The average Bonchev–Trinajstić information content (AvgIpc) is 2.40. The molecule has 5 nitrogen and oxygen atoms in total. The lowest BCUT2D eigenvalue weighted by atomic mass is 10.2. The molecule has 0 spiro atoms.